The lowest BCUT2D eigenvalue weighted by atomic mass is 9.74. The first kappa shape index (κ1) is 13.4. The van der Waals surface area contributed by atoms with Crippen LogP contribution in [0, 0.1) is 5.41 Å². The number of rotatable bonds is 0. The molecule has 0 aromatic rings. The topological polar surface area (TPSA) is 21.3 Å². The summed E-state index contributed by atoms with van der Waals surface area (Å²) in [6.45, 7) is 10.2. The molecule has 100 valence electrons. The van der Waals surface area contributed by atoms with E-state index in [1.807, 2.05) is 0 Å². The molecule has 0 amide bonds. The standard InChI is InChI=1S/C15H29NO/c1-13(2)12-16-15(17-14(13,3)4)10-8-6-5-7-9-11-15/h16H,5-12H2,1-4H3. The summed E-state index contributed by atoms with van der Waals surface area (Å²) in [6.07, 6.45) is 9.14. The Morgan fingerprint density at radius 3 is 1.88 bits per heavy atom. The van der Waals surface area contributed by atoms with Crippen LogP contribution in [-0.2, 0) is 4.74 Å². The van der Waals surface area contributed by atoms with Crippen molar-refractivity contribution in [2.24, 2.45) is 5.41 Å². The Hall–Kier alpha value is -0.0800. The number of hydrogen-bond donors (Lipinski definition) is 1. The van der Waals surface area contributed by atoms with Gasteiger partial charge in [0.25, 0.3) is 0 Å². The van der Waals surface area contributed by atoms with Crippen LogP contribution in [0.5, 0.6) is 0 Å². The second kappa shape index (κ2) is 4.55. The summed E-state index contributed by atoms with van der Waals surface area (Å²) in [6, 6.07) is 0. The molecule has 1 heterocycles. The minimum atomic E-state index is -0.0303. The fourth-order valence-corrected chi connectivity index (χ4v) is 3.01. The fourth-order valence-electron chi connectivity index (χ4n) is 3.01. The van der Waals surface area contributed by atoms with Gasteiger partial charge in [-0.2, -0.15) is 0 Å². The van der Waals surface area contributed by atoms with Crippen molar-refractivity contribution in [1.29, 1.82) is 0 Å². The SMILES string of the molecule is CC1(C)CNC2(CCCCCCC2)OC1(C)C. The summed E-state index contributed by atoms with van der Waals surface area (Å²) < 4.78 is 6.54. The van der Waals surface area contributed by atoms with Gasteiger partial charge in [-0.1, -0.05) is 33.1 Å². The van der Waals surface area contributed by atoms with Gasteiger partial charge in [-0.05, 0) is 39.5 Å². The van der Waals surface area contributed by atoms with Crippen LogP contribution in [0.25, 0.3) is 0 Å². The van der Waals surface area contributed by atoms with Gasteiger partial charge in [0.2, 0.25) is 0 Å². The van der Waals surface area contributed by atoms with Crippen LogP contribution in [0.15, 0.2) is 0 Å². The second-order valence-electron chi connectivity index (χ2n) is 7.11. The first-order valence-electron chi connectivity index (χ1n) is 7.32. The monoisotopic (exact) mass is 239 g/mol. The highest BCUT2D eigenvalue weighted by molar-refractivity contribution is 4.99. The van der Waals surface area contributed by atoms with Crippen LogP contribution in [0.1, 0.15) is 72.6 Å². The Labute approximate surface area is 107 Å². The molecule has 0 unspecified atom stereocenters. The lowest BCUT2D eigenvalue weighted by molar-refractivity contribution is -0.242. The minimum absolute atomic E-state index is 0.0283. The van der Waals surface area contributed by atoms with Crippen molar-refractivity contribution in [2.75, 3.05) is 6.54 Å². The third-order valence-electron chi connectivity index (χ3n) is 5.09. The van der Waals surface area contributed by atoms with Gasteiger partial charge < -0.3 is 4.74 Å². The molecular weight excluding hydrogens is 210 g/mol. The predicted molar refractivity (Wildman–Crippen MR) is 72.0 cm³/mol. The van der Waals surface area contributed by atoms with E-state index in [0.717, 1.165) is 6.54 Å². The normalized spacial score (nSPS) is 31.8. The molecule has 1 saturated carbocycles. The molecule has 1 aliphatic heterocycles. The van der Waals surface area contributed by atoms with Crippen LogP contribution >= 0.6 is 0 Å². The zero-order valence-corrected chi connectivity index (χ0v) is 12.1. The highest BCUT2D eigenvalue weighted by atomic mass is 16.5. The van der Waals surface area contributed by atoms with Gasteiger partial charge >= 0.3 is 0 Å². The molecule has 2 rings (SSSR count). The molecule has 1 aliphatic carbocycles. The minimum Gasteiger partial charge on any atom is -0.354 e. The predicted octanol–water partition coefficient (Wildman–Crippen LogP) is 3.85. The van der Waals surface area contributed by atoms with Crippen molar-refractivity contribution in [1.82, 2.24) is 5.32 Å². The molecule has 0 radical (unpaired) electrons. The number of nitrogens with one attached hydrogen (secondary N) is 1. The van der Waals surface area contributed by atoms with Gasteiger partial charge in [0.15, 0.2) is 0 Å². The lowest BCUT2D eigenvalue weighted by Gasteiger charge is -2.55. The molecule has 1 spiro atoms. The molecule has 1 N–H and O–H groups in total. The molecule has 0 atom stereocenters. The third kappa shape index (κ3) is 2.68. The Morgan fingerprint density at radius 1 is 0.824 bits per heavy atom. The highest BCUT2D eigenvalue weighted by Gasteiger charge is 2.49. The van der Waals surface area contributed by atoms with Gasteiger partial charge in [-0.25, -0.2) is 0 Å². The van der Waals surface area contributed by atoms with E-state index in [4.69, 9.17) is 4.74 Å². The molecule has 0 bridgehead atoms. The Balaban J connectivity index is 2.10. The van der Waals surface area contributed by atoms with Crippen molar-refractivity contribution in [3.63, 3.8) is 0 Å². The molecule has 2 nitrogen and oxygen atoms in total. The maximum Gasteiger partial charge on any atom is 0.120 e. The van der Waals surface area contributed by atoms with E-state index in [2.05, 4.69) is 33.0 Å². The Bertz CT molecular complexity index is 262. The van der Waals surface area contributed by atoms with Crippen LogP contribution in [0.2, 0.25) is 0 Å². The molecule has 2 heteroatoms. The summed E-state index contributed by atoms with van der Waals surface area (Å²) >= 11 is 0. The summed E-state index contributed by atoms with van der Waals surface area (Å²) in [5.41, 5.74) is 0.150. The largest absolute Gasteiger partial charge is 0.354 e. The van der Waals surface area contributed by atoms with E-state index in [9.17, 15) is 0 Å². The zero-order valence-electron chi connectivity index (χ0n) is 12.1. The summed E-state index contributed by atoms with van der Waals surface area (Å²) in [5.74, 6) is 0. The average Bonchev–Trinajstić information content (AvgIpc) is 2.18. The number of ether oxygens (including phenoxy) is 1. The smallest absolute Gasteiger partial charge is 0.120 e. The van der Waals surface area contributed by atoms with Crippen molar-refractivity contribution in [3.8, 4) is 0 Å². The van der Waals surface area contributed by atoms with Gasteiger partial charge in [-0.3, -0.25) is 5.32 Å². The molecule has 2 aliphatic rings. The van der Waals surface area contributed by atoms with Crippen molar-refractivity contribution >= 4 is 0 Å². The van der Waals surface area contributed by atoms with E-state index < -0.39 is 0 Å². The van der Waals surface area contributed by atoms with Crippen molar-refractivity contribution in [2.45, 2.75) is 84.0 Å². The van der Waals surface area contributed by atoms with E-state index >= 15 is 0 Å². The van der Waals surface area contributed by atoms with Crippen LogP contribution in [0.3, 0.4) is 0 Å². The maximum atomic E-state index is 6.54. The average molecular weight is 239 g/mol. The van der Waals surface area contributed by atoms with Crippen LogP contribution in [0.4, 0.5) is 0 Å². The maximum absolute atomic E-state index is 6.54. The van der Waals surface area contributed by atoms with Gasteiger partial charge in [0.1, 0.15) is 5.72 Å². The second-order valence-corrected chi connectivity index (χ2v) is 7.11. The highest BCUT2D eigenvalue weighted by Crippen LogP contribution is 2.43. The first-order valence-corrected chi connectivity index (χ1v) is 7.32. The van der Waals surface area contributed by atoms with Gasteiger partial charge in [0, 0.05) is 12.0 Å². The van der Waals surface area contributed by atoms with Gasteiger partial charge in [-0.15, -0.1) is 0 Å². The van der Waals surface area contributed by atoms with Crippen LogP contribution < -0.4 is 5.32 Å². The molecule has 0 aromatic carbocycles. The summed E-state index contributed by atoms with van der Waals surface area (Å²) in [5, 5.41) is 3.73. The lowest BCUT2D eigenvalue weighted by Crippen LogP contribution is -2.65. The van der Waals surface area contributed by atoms with E-state index in [0.29, 0.717) is 0 Å². The number of hydrogen-bond acceptors (Lipinski definition) is 2. The van der Waals surface area contributed by atoms with E-state index in [1.165, 1.54) is 44.9 Å². The molecule has 1 saturated heterocycles. The van der Waals surface area contributed by atoms with Crippen LogP contribution in [-0.4, -0.2) is 17.9 Å². The van der Waals surface area contributed by atoms with E-state index in [-0.39, 0.29) is 16.7 Å². The summed E-state index contributed by atoms with van der Waals surface area (Å²) in [4.78, 5) is 0. The molecule has 2 fully saturated rings. The molecule has 0 aromatic heterocycles. The van der Waals surface area contributed by atoms with E-state index in [1.54, 1.807) is 0 Å². The fraction of sp³-hybridized carbons (Fsp3) is 1.00. The quantitative estimate of drug-likeness (QED) is 0.693. The van der Waals surface area contributed by atoms with Gasteiger partial charge in [0.05, 0.1) is 5.60 Å². The zero-order chi connectivity index (χ0) is 12.6. The summed E-state index contributed by atoms with van der Waals surface area (Å²) in [7, 11) is 0. The Kier molecular flexibility index (Phi) is 3.57. The third-order valence-corrected chi connectivity index (χ3v) is 5.09. The van der Waals surface area contributed by atoms with Crippen molar-refractivity contribution < 1.29 is 4.74 Å². The first-order chi connectivity index (χ1) is 7.87. The Morgan fingerprint density at radius 2 is 1.35 bits per heavy atom. The van der Waals surface area contributed by atoms with Crippen molar-refractivity contribution in [3.05, 3.63) is 0 Å². The molecule has 17 heavy (non-hydrogen) atoms. The molecular formula is C15H29NO.